The minimum Gasteiger partial charge on any atom is -0.316 e. The van der Waals surface area contributed by atoms with Crippen LogP contribution in [0.25, 0.3) is 0 Å². The molecule has 17 heavy (non-hydrogen) atoms. The zero-order valence-corrected chi connectivity index (χ0v) is 10.9. The second-order valence-electron chi connectivity index (χ2n) is 5.08. The van der Waals surface area contributed by atoms with Gasteiger partial charge in [-0.2, -0.15) is 0 Å². The molecule has 0 bridgehead atoms. The molecule has 2 heterocycles. The van der Waals surface area contributed by atoms with Gasteiger partial charge in [-0.05, 0) is 58.0 Å². The Balaban J connectivity index is 1.88. The molecule has 0 unspecified atom stereocenters. The first-order chi connectivity index (χ1) is 8.27. The third-order valence-corrected chi connectivity index (χ3v) is 3.72. The first kappa shape index (κ1) is 12.5. The Morgan fingerprint density at radius 1 is 1.53 bits per heavy atom. The Kier molecular flexibility index (Phi) is 4.51. The first-order valence-electron chi connectivity index (χ1n) is 6.59. The van der Waals surface area contributed by atoms with E-state index in [-0.39, 0.29) is 0 Å². The highest BCUT2D eigenvalue weighted by molar-refractivity contribution is 5.07. The summed E-state index contributed by atoms with van der Waals surface area (Å²) in [6.45, 7) is 5.75. The molecule has 3 heteroatoms. The Morgan fingerprint density at radius 2 is 2.41 bits per heavy atom. The molecule has 1 aromatic rings. The van der Waals surface area contributed by atoms with Gasteiger partial charge in [0.05, 0.1) is 5.69 Å². The topological polar surface area (TPSA) is 28.2 Å². The number of piperidine rings is 1. The van der Waals surface area contributed by atoms with E-state index in [1.807, 2.05) is 12.3 Å². The minimum absolute atomic E-state index is 0.401. The number of nitrogens with one attached hydrogen (secondary N) is 1. The molecule has 0 aromatic carbocycles. The maximum atomic E-state index is 4.44. The summed E-state index contributed by atoms with van der Waals surface area (Å²) in [6.07, 6.45) is 4.55. The van der Waals surface area contributed by atoms with Crippen LogP contribution in [-0.4, -0.2) is 36.6 Å². The van der Waals surface area contributed by atoms with Gasteiger partial charge in [0.25, 0.3) is 0 Å². The normalized spacial score (nSPS) is 22.6. The Bertz CT molecular complexity index is 319. The molecule has 94 valence electrons. The SMILES string of the molecule is C[C@H](c1ccccn1)N(C)C[C@@H]1CCCNC1. The maximum absolute atomic E-state index is 4.44. The molecule has 3 nitrogen and oxygen atoms in total. The Hall–Kier alpha value is -0.930. The van der Waals surface area contributed by atoms with Crippen molar-refractivity contribution < 1.29 is 0 Å². The lowest BCUT2D eigenvalue weighted by Gasteiger charge is -2.31. The van der Waals surface area contributed by atoms with Gasteiger partial charge in [0, 0.05) is 18.8 Å². The van der Waals surface area contributed by atoms with Crippen molar-refractivity contribution in [2.45, 2.75) is 25.8 Å². The van der Waals surface area contributed by atoms with Gasteiger partial charge in [0.1, 0.15) is 0 Å². The number of rotatable bonds is 4. The van der Waals surface area contributed by atoms with Crippen molar-refractivity contribution in [1.29, 1.82) is 0 Å². The highest BCUT2D eigenvalue weighted by Gasteiger charge is 2.19. The maximum Gasteiger partial charge on any atom is 0.0572 e. The van der Waals surface area contributed by atoms with Crippen molar-refractivity contribution in [3.63, 3.8) is 0 Å². The largest absolute Gasteiger partial charge is 0.316 e. The summed E-state index contributed by atoms with van der Waals surface area (Å²) in [5.41, 5.74) is 1.17. The number of nitrogens with zero attached hydrogens (tertiary/aromatic N) is 2. The lowest BCUT2D eigenvalue weighted by atomic mass is 9.98. The monoisotopic (exact) mass is 233 g/mol. The van der Waals surface area contributed by atoms with E-state index in [1.165, 1.54) is 31.6 Å². The molecule has 1 aromatic heterocycles. The first-order valence-corrected chi connectivity index (χ1v) is 6.59. The van der Waals surface area contributed by atoms with Crippen LogP contribution in [-0.2, 0) is 0 Å². The molecule has 1 aliphatic rings. The minimum atomic E-state index is 0.401. The zero-order chi connectivity index (χ0) is 12.1. The zero-order valence-electron chi connectivity index (χ0n) is 10.9. The van der Waals surface area contributed by atoms with Crippen molar-refractivity contribution in [3.8, 4) is 0 Å². The predicted octanol–water partition coefficient (Wildman–Crippen LogP) is 2.07. The third kappa shape index (κ3) is 3.51. The van der Waals surface area contributed by atoms with E-state index < -0.39 is 0 Å². The van der Waals surface area contributed by atoms with Crippen LogP contribution in [0, 0.1) is 5.92 Å². The molecule has 1 N–H and O–H groups in total. The smallest absolute Gasteiger partial charge is 0.0572 e. The molecule has 1 fully saturated rings. The molecule has 2 rings (SSSR count). The van der Waals surface area contributed by atoms with E-state index >= 15 is 0 Å². The number of hydrogen-bond acceptors (Lipinski definition) is 3. The van der Waals surface area contributed by atoms with E-state index in [0.29, 0.717) is 6.04 Å². The van der Waals surface area contributed by atoms with Crippen LogP contribution in [0.3, 0.4) is 0 Å². The molecule has 1 saturated heterocycles. The van der Waals surface area contributed by atoms with E-state index in [4.69, 9.17) is 0 Å². The highest BCUT2D eigenvalue weighted by Crippen LogP contribution is 2.19. The van der Waals surface area contributed by atoms with E-state index in [0.717, 1.165) is 12.5 Å². The van der Waals surface area contributed by atoms with Crippen LogP contribution in [0.2, 0.25) is 0 Å². The van der Waals surface area contributed by atoms with Gasteiger partial charge in [-0.3, -0.25) is 9.88 Å². The molecule has 0 spiro atoms. The number of aromatic nitrogens is 1. The highest BCUT2D eigenvalue weighted by atomic mass is 15.1. The van der Waals surface area contributed by atoms with Crippen molar-refractivity contribution in [1.82, 2.24) is 15.2 Å². The van der Waals surface area contributed by atoms with Gasteiger partial charge < -0.3 is 5.32 Å². The summed E-state index contributed by atoms with van der Waals surface area (Å²) in [5, 5.41) is 3.48. The molecule has 0 radical (unpaired) electrons. The lowest BCUT2D eigenvalue weighted by Crippen LogP contribution is -2.37. The van der Waals surface area contributed by atoms with Crippen LogP contribution in [0.15, 0.2) is 24.4 Å². The van der Waals surface area contributed by atoms with Crippen LogP contribution < -0.4 is 5.32 Å². The van der Waals surface area contributed by atoms with Gasteiger partial charge in [-0.15, -0.1) is 0 Å². The van der Waals surface area contributed by atoms with Crippen molar-refractivity contribution in [3.05, 3.63) is 30.1 Å². The molecule has 0 amide bonds. The Morgan fingerprint density at radius 3 is 3.06 bits per heavy atom. The van der Waals surface area contributed by atoms with Gasteiger partial charge in [-0.25, -0.2) is 0 Å². The van der Waals surface area contributed by atoms with Crippen LogP contribution in [0.5, 0.6) is 0 Å². The fraction of sp³-hybridized carbons (Fsp3) is 0.643. The summed E-state index contributed by atoms with van der Waals surface area (Å²) in [5.74, 6) is 0.792. The van der Waals surface area contributed by atoms with Gasteiger partial charge in [0.15, 0.2) is 0 Å². The predicted molar refractivity (Wildman–Crippen MR) is 70.9 cm³/mol. The fourth-order valence-corrected chi connectivity index (χ4v) is 2.49. The molecule has 0 aliphatic carbocycles. The summed E-state index contributed by atoms with van der Waals surface area (Å²) >= 11 is 0. The Labute approximate surface area is 104 Å². The fourth-order valence-electron chi connectivity index (χ4n) is 2.49. The van der Waals surface area contributed by atoms with Crippen LogP contribution in [0.4, 0.5) is 0 Å². The van der Waals surface area contributed by atoms with Crippen LogP contribution in [0.1, 0.15) is 31.5 Å². The molecule has 1 aliphatic heterocycles. The van der Waals surface area contributed by atoms with Crippen molar-refractivity contribution in [2.24, 2.45) is 5.92 Å². The van der Waals surface area contributed by atoms with Crippen LogP contribution >= 0.6 is 0 Å². The summed E-state index contributed by atoms with van der Waals surface area (Å²) in [7, 11) is 2.20. The molecular formula is C14H23N3. The van der Waals surface area contributed by atoms with Crippen molar-refractivity contribution >= 4 is 0 Å². The number of hydrogen-bond donors (Lipinski definition) is 1. The molecule has 0 saturated carbocycles. The average molecular weight is 233 g/mol. The van der Waals surface area contributed by atoms with Gasteiger partial charge in [0.2, 0.25) is 0 Å². The average Bonchev–Trinajstić information content (AvgIpc) is 2.40. The van der Waals surface area contributed by atoms with E-state index in [9.17, 15) is 0 Å². The third-order valence-electron chi connectivity index (χ3n) is 3.72. The number of pyridine rings is 1. The standard InChI is InChI=1S/C14H23N3/c1-12(14-7-3-4-9-16-14)17(2)11-13-6-5-8-15-10-13/h3-4,7,9,12-13,15H,5-6,8,10-11H2,1-2H3/t12-,13-/m1/s1. The van der Waals surface area contributed by atoms with E-state index in [1.54, 1.807) is 0 Å². The quantitative estimate of drug-likeness (QED) is 0.863. The van der Waals surface area contributed by atoms with Gasteiger partial charge >= 0.3 is 0 Å². The summed E-state index contributed by atoms with van der Waals surface area (Å²) in [4.78, 5) is 6.85. The molecule has 2 atom stereocenters. The van der Waals surface area contributed by atoms with Gasteiger partial charge in [-0.1, -0.05) is 6.07 Å². The van der Waals surface area contributed by atoms with Crippen molar-refractivity contribution in [2.75, 3.05) is 26.7 Å². The summed E-state index contributed by atoms with van der Waals surface area (Å²) in [6, 6.07) is 6.55. The van der Waals surface area contributed by atoms with E-state index in [2.05, 4.69) is 41.3 Å². The molecular weight excluding hydrogens is 210 g/mol. The summed E-state index contributed by atoms with van der Waals surface area (Å²) < 4.78 is 0. The second kappa shape index (κ2) is 6.12. The second-order valence-corrected chi connectivity index (χ2v) is 5.08. The lowest BCUT2D eigenvalue weighted by molar-refractivity contribution is 0.196.